The minimum atomic E-state index is -3.08. The van der Waals surface area contributed by atoms with Crippen molar-refractivity contribution in [3.05, 3.63) is 47.5 Å². The zero-order valence-corrected chi connectivity index (χ0v) is 10.3. The van der Waals surface area contributed by atoms with Gasteiger partial charge in [-0.1, -0.05) is 36.4 Å². The van der Waals surface area contributed by atoms with Crippen LogP contribution in [0.1, 0.15) is 18.1 Å². The third-order valence-electron chi connectivity index (χ3n) is 2.11. The second-order valence-electron chi connectivity index (χ2n) is 4.01. The van der Waals surface area contributed by atoms with Crippen LogP contribution in [0.3, 0.4) is 0 Å². The van der Waals surface area contributed by atoms with Crippen molar-refractivity contribution in [3.8, 4) is 0 Å². The van der Waals surface area contributed by atoms with Crippen LogP contribution in [0.4, 0.5) is 0 Å². The van der Waals surface area contributed by atoms with Crippen molar-refractivity contribution in [1.82, 2.24) is 0 Å². The summed E-state index contributed by atoms with van der Waals surface area (Å²) < 4.78 is 23.4. The van der Waals surface area contributed by atoms with Gasteiger partial charge in [-0.3, -0.25) is 0 Å². The molecule has 16 heavy (non-hydrogen) atoms. The number of hydrogen-bond acceptors (Lipinski definition) is 3. The second kappa shape index (κ2) is 5.27. The summed E-state index contributed by atoms with van der Waals surface area (Å²) in [5.74, 6) is 0.107. The molecule has 1 rings (SSSR count). The molecule has 0 aliphatic carbocycles. The second-order valence-corrected chi connectivity index (χ2v) is 6.07. The van der Waals surface area contributed by atoms with Gasteiger partial charge in [0.15, 0.2) is 9.84 Å². The summed E-state index contributed by atoms with van der Waals surface area (Å²) in [4.78, 5) is 0. The van der Waals surface area contributed by atoms with Crippen molar-refractivity contribution >= 4 is 9.84 Å². The summed E-state index contributed by atoms with van der Waals surface area (Å²) in [7, 11) is -3.08. The molecule has 0 aliphatic rings. The Morgan fingerprint density at radius 2 is 1.75 bits per heavy atom. The van der Waals surface area contributed by atoms with Crippen LogP contribution in [0, 0.1) is 0 Å². The maximum absolute atomic E-state index is 11.7. The Bertz CT molecular complexity index is 460. The van der Waals surface area contributed by atoms with Gasteiger partial charge in [-0.2, -0.15) is 0 Å². The lowest BCUT2D eigenvalue weighted by Crippen LogP contribution is -2.10. The van der Waals surface area contributed by atoms with E-state index in [1.165, 1.54) is 0 Å². The van der Waals surface area contributed by atoms with Crippen LogP contribution in [-0.2, 0) is 22.1 Å². The zero-order valence-electron chi connectivity index (χ0n) is 9.44. The standard InChI is InChI=1S/C12H17NO2S/c1-10(2)8-16(14,15)9-12-5-3-11(7-13)4-6-12/h3-6H,1,7-9,13H2,2H3. The highest BCUT2D eigenvalue weighted by Gasteiger charge is 2.11. The molecule has 4 heteroatoms. The number of sulfone groups is 1. The van der Waals surface area contributed by atoms with Crippen LogP contribution >= 0.6 is 0 Å². The lowest BCUT2D eigenvalue weighted by Gasteiger charge is -2.05. The average Bonchev–Trinajstić information content (AvgIpc) is 2.16. The van der Waals surface area contributed by atoms with Gasteiger partial charge in [0.25, 0.3) is 0 Å². The average molecular weight is 239 g/mol. The van der Waals surface area contributed by atoms with Crippen LogP contribution in [0.25, 0.3) is 0 Å². The minimum absolute atomic E-state index is 0.0473. The van der Waals surface area contributed by atoms with Gasteiger partial charge < -0.3 is 5.73 Å². The third-order valence-corrected chi connectivity index (χ3v) is 3.82. The molecule has 1 aromatic rings. The van der Waals surface area contributed by atoms with E-state index in [-0.39, 0.29) is 11.5 Å². The van der Waals surface area contributed by atoms with Crippen LogP contribution < -0.4 is 5.73 Å². The predicted octanol–water partition coefficient (Wildman–Crippen LogP) is 1.64. The molecule has 2 N–H and O–H groups in total. The van der Waals surface area contributed by atoms with Crippen molar-refractivity contribution in [1.29, 1.82) is 0 Å². The molecule has 0 amide bonds. The highest BCUT2D eigenvalue weighted by atomic mass is 32.2. The lowest BCUT2D eigenvalue weighted by atomic mass is 10.1. The number of benzene rings is 1. The highest BCUT2D eigenvalue weighted by Crippen LogP contribution is 2.10. The molecule has 0 atom stereocenters. The monoisotopic (exact) mass is 239 g/mol. The van der Waals surface area contributed by atoms with Gasteiger partial charge >= 0.3 is 0 Å². The van der Waals surface area contributed by atoms with E-state index in [1.54, 1.807) is 19.1 Å². The van der Waals surface area contributed by atoms with Crippen LogP contribution in [0.15, 0.2) is 36.4 Å². The van der Waals surface area contributed by atoms with E-state index in [9.17, 15) is 8.42 Å². The van der Waals surface area contributed by atoms with Crippen molar-refractivity contribution in [3.63, 3.8) is 0 Å². The molecule has 88 valence electrons. The van der Waals surface area contributed by atoms with Crippen LogP contribution in [-0.4, -0.2) is 14.2 Å². The van der Waals surface area contributed by atoms with Crippen LogP contribution in [0.5, 0.6) is 0 Å². The Kier molecular flexibility index (Phi) is 4.26. The van der Waals surface area contributed by atoms with E-state index in [0.29, 0.717) is 12.1 Å². The van der Waals surface area contributed by atoms with E-state index in [0.717, 1.165) is 11.1 Å². The van der Waals surface area contributed by atoms with Crippen molar-refractivity contribution in [2.24, 2.45) is 5.73 Å². The quantitative estimate of drug-likeness (QED) is 0.795. The van der Waals surface area contributed by atoms with E-state index >= 15 is 0 Å². The normalized spacial score (nSPS) is 11.4. The molecule has 1 aromatic carbocycles. The molecule has 0 aromatic heterocycles. The van der Waals surface area contributed by atoms with Crippen molar-refractivity contribution in [2.75, 3.05) is 5.75 Å². The Morgan fingerprint density at radius 3 is 2.19 bits per heavy atom. The van der Waals surface area contributed by atoms with E-state index in [1.807, 2.05) is 12.1 Å². The first-order valence-electron chi connectivity index (χ1n) is 5.05. The topological polar surface area (TPSA) is 60.2 Å². The zero-order chi connectivity index (χ0) is 12.2. The molecular weight excluding hydrogens is 222 g/mol. The number of rotatable bonds is 5. The maximum atomic E-state index is 11.7. The van der Waals surface area contributed by atoms with Gasteiger partial charge in [0.1, 0.15) is 0 Å². The Balaban J connectivity index is 2.76. The smallest absolute Gasteiger partial charge is 0.158 e. The number of hydrogen-bond donors (Lipinski definition) is 1. The fraction of sp³-hybridized carbons (Fsp3) is 0.333. The van der Waals surface area contributed by atoms with E-state index in [2.05, 4.69) is 6.58 Å². The minimum Gasteiger partial charge on any atom is -0.326 e. The van der Waals surface area contributed by atoms with Gasteiger partial charge in [0.2, 0.25) is 0 Å². The first-order chi connectivity index (χ1) is 7.43. The molecule has 0 heterocycles. The fourth-order valence-corrected chi connectivity index (χ4v) is 3.01. The molecule has 0 saturated carbocycles. The summed E-state index contributed by atoms with van der Waals surface area (Å²) in [6.07, 6.45) is 0. The first kappa shape index (κ1) is 12.9. The highest BCUT2D eigenvalue weighted by molar-refractivity contribution is 7.90. The van der Waals surface area contributed by atoms with Gasteiger partial charge in [0, 0.05) is 6.54 Å². The molecule has 0 fully saturated rings. The van der Waals surface area contributed by atoms with Crippen molar-refractivity contribution in [2.45, 2.75) is 19.2 Å². The largest absolute Gasteiger partial charge is 0.326 e. The number of nitrogens with two attached hydrogens (primary N) is 1. The molecular formula is C12H17NO2S. The summed E-state index contributed by atoms with van der Waals surface area (Å²) in [5.41, 5.74) is 7.92. The summed E-state index contributed by atoms with van der Waals surface area (Å²) in [6, 6.07) is 7.31. The third kappa shape index (κ3) is 4.16. The molecule has 0 unspecified atom stereocenters. The summed E-state index contributed by atoms with van der Waals surface area (Å²) in [6.45, 7) is 5.80. The summed E-state index contributed by atoms with van der Waals surface area (Å²) >= 11 is 0. The molecule has 0 aliphatic heterocycles. The van der Waals surface area contributed by atoms with Gasteiger partial charge in [-0.15, -0.1) is 0 Å². The van der Waals surface area contributed by atoms with Gasteiger partial charge in [0.05, 0.1) is 11.5 Å². The Hall–Kier alpha value is -1.13. The maximum Gasteiger partial charge on any atom is 0.158 e. The molecule has 0 bridgehead atoms. The van der Waals surface area contributed by atoms with Crippen molar-refractivity contribution < 1.29 is 8.42 Å². The molecule has 0 spiro atoms. The van der Waals surface area contributed by atoms with E-state index in [4.69, 9.17) is 5.73 Å². The lowest BCUT2D eigenvalue weighted by molar-refractivity contribution is 0.597. The fourth-order valence-electron chi connectivity index (χ4n) is 1.45. The Morgan fingerprint density at radius 1 is 1.25 bits per heavy atom. The van der Waals surface area contributed by atoms with Gasteiger partial charge in [-0.05, 0) is 18.1 Å². The molecule has 0 saturated heterocycles. The predicted molar refractivity (Wildman–Crippen MR) is 66.6 cm³/mol. The Labute approximate surface area is 96.9 Å². The summed E-state index contributed by atoms with van der Waals surface area (Å²) in [5, 5.41) is 0. The molecule has 3 nitrogen and oxygen atoms in total. The first-order valence-corrected chi connectivity index (χ1v) is 6.88. The van der Waals surface area contributed by atoms with E-state index < -0.39 is 9.84 Å². The molecule has 0 radical (unpaired) electrons. The van der Waals surface area contributed by atoms with Gasteiger partial charge in [-0.25, -0.2) is 8.42 Å². The SMILES string of the molecule is C=C(C)CS(=O)(=O)Cc1ccc(CN)cc1. The van der Waals surface area contributed by atoms with Crippen LogP contribution in [0.2, 0.25) is 0 Å².